The van der Waals surface area contributed by atoms with Crippen molar-refractivity contribution in [2.75, 3.05) is 31.6 Å². The second-order valence-corrected chi connectivity index (χ2v) is 5.74. The van der Waals surface area contributed by atoms with E-state index in [1.165, 1.54) is 4.90 Å². The van der Waals surface area contributed by atoms with Crippen molar-refractivity contribution >= 4 is 34.4 Å². The van der Waals surface area contributed by atoms with Crippen LogP contribution in [-0.4, -0.2) is 54.0 Å². The second kappa shape index (κ2) is 5.68. The van der Waals surface area contributed by atoms with Crippen LogP contribution in [0.1, 0.15) is 21.8 Å². The lowest BCUT2D eigenvalue weighted by Crippen LogP contribution is -2.33. The van der Waals surface area contributed by atoms with E-state index in [-0.39, 0.29) is 18.4 Å². The summed E-state index contributed by atoms with van der Waals surface area (Å²) in [6.45, 7) is 1.27. The maximum atomic E-state index is 11.9. The Hall–Kier alpha value is -2.16. The average molecular weight is 310 g/mol. The first kappa shape index (κ1) is 13.8. The summed E-state index contributed by atoms with van der Waals surface area (Å²) < 4.78 is 4.75. The van der Waals surface area contributed by atoms with Crippen molar-refractivity contribution in [1.82, 2.24) is 15.2 Å². The predicted octanol–water partition coefficient (Wildman–Crippen LogP) is 0.210. The highest BCUT2D eigenvalue weighted by molar-refractivity contribution is 7.17. The number of carbonyl (C=O) groups excluding carboxylic acids is 3. The number of thiazole rings is 1. The van der Waals surface area contributed by atoms with E-state index < -0.39 is 6.09 Å². The highest BCUT2D eigenvalue weighted by Crippen LogP contribution is 2.25. The molecule has 8 nitrogen and oxygen atoms in total. The third-order valence-corrected chi connectivity index (χ3v) is 4.22. The number of nitrogens with zero attached hydrogens (tertiary/aromatic N) is 2. The molecule has 1 fully saturated rings. The zero-order valence-corrected chi connectivity index (χ0v) is 12.0. The predicted molar refractivity (Wildman–Crippen MR) is 74.3 cm³/mol. The minimum absolute atomic E-state index is 0.0741. The number of cyclic esters (lactones) is 1. The molecule has 2 N–H and O–H groups in total. The Labute approximate surface area is 124 Å². The molecule has 3 rings (SSSR count). The number of nitrogens with one attached hydrogen (secondary N) is 2. The summed E-state index contributed by atoms with van der Waals surface area (Å²) in [5, 5.41) is 5.79. The van der Waals surface area contributed by atoms with E-state index in [0.29, 0.717) is 41.8 Å². The van der Waals surface area contributed by atoms with Crippen LogP contribution in [0.2, 0.25) is 0 Å². The largest absolute Gasteiger partial charge is 0.448 e. The lowest BCUT2D eigenvalue weighted by atomic mass is 10.2. The van der Waals surface area contributed by atoms with Crippen LogP contribution < -0.4 is 10.6 Å². The third-order valence-electron chi connectivity index (χ3n) is 3.21. The first-order chi connectivity index (χ1) is 10.1. The maximum absolute atomic E-state index is 11.9. The van der Waals surface area contributed by atoms with Crippen molar-refractivity contribution in [3.63, 3.8) is 0 Å². The molecule has 1 saturated heterocycles. The molecule has 2 aliphatic rings. The lowest BCUT2D eigenvalue weighted by molar-refractivity contribution is -0.116. The summed E-state index contributed by atoms with van der Waals surface area (Å²) in [4.78, 5) is 41.1. The molecule has 0 aromatic carbocycles. The van der Waals surface area contributed by atoms with Crippen LogP contribution in [0.25, 0.3) is 0 Å². The van der Waals surface area contributed by atoms with Crippen LogP contribution in [0.3, 0.4) is 0 Å². The number of rotatable bonds is 3. The van der Waals surface area contributed by atoms with Crippen LogP contribution in [0.15, 0.2) is 0 Å². The molecule has 0 bridgehead atoms. The van der Waals surface area contributed by atoms with E-state index in [2.05, 4.69) is 15.6 Å². The van der Waals surface area contributed by atoms with Crippen molar-refractivity contribution < 1.29 is 19.1 Å². The minimum Gasteiger partial charge on any atom is -0.448 e. The summed E-state index contributed by atoms with van der Waals surface area (Å²) >= 11 is 1.15. The molecule has 3 heterocycles. The molecular weight excluding hydrogens is 296 g/mol. The van der Waals surface area contributed by atoms with Crippen molar-refractivity contribution in [3.8, 4) is 0 Å². The number of hydrogen-bond donors (Lipinski definition) is 2. The molecule has 2 aliphatic heterocycles. The minimum atomic E-state index is -0.487. The summed E-state index contributed by atoms with van der Waals surface area (Å²) in [7, 11) is 0. The Bertz CT molecular complexity index is 600. The Morgan fingerprint density at radius 1 is 1.48 bits per heavy atom. The second-order valence-electron chi connectivity index (χ2n) is 4.74. The third kappa shape index (κ3) is 2.97. The summed E-state index contributed by atoms with van der Waals surface area (Å²) in [5.41, 5.74) is 0.714. The van der Waals surface area contributed by atoms with Gasteiger partial charge in [-0.05, 0) is 12.8 Å². The molecule has 21 heavy (non-hydrogen) atoms. The molecule has 0 saturated carbocycles. The van der Waals surface area contributed by atoms with E-state index in [0.717, 1.165) is 17.8 Å². The molecule has 3 amide bonds. The van der Waals surface area contributed by atoms with Gasteiger partial charge in [-0.15, -0.1) is 0 Å². The number of carbonyl (C=O) groups is 3. The number of ether oxygens (including phenoxy) is 1. The van der Waals surface area contributed by atoms with Gasteiger partial charge < -0.3 is 15.4 Å². The Kier molecular flexibility index (Phi) is 3.74. The monoisotopic (exact) mass is 310 g/mol. The van der Waals surface area contributed by atoms with Crippen molar-refractivity contribution in [2.24, 2.45) is 0 Å². The van der Waals surface area contributed by atoms with Gasteiger partial charge in [0.1, 0.15) is 18.0 Å². The molecule has 9 heteroatoms. The van der Waals surface area contributed by atoms with Gasteiger partial charge in [0.15, 0.2) is 5.13 Å². The zero-order chi connectivity index (χ0) is 14.8. The molecular formula is C12H14N4O4S. The first-order valence-electron chi connectivity index (χ1n) is 6.63. The fourth-order valence-electron chi connectivity index (χ4n) is 2.19. The first-order valence-corrected chi connectivity index (χ1v) is 7.44. The number of anilines is 1. The standard InChI is InChI=1S/C12H14N4O4S/c17-8(6-16-4-5-20-12(16)19)15-11-14-7-2-1-3-13-10(18)9(7)21-11/h1-6H2,(H,13,18)(H,14,15,17). The molecule has 112 valence electrons. The van der Waals surface area contributed by atoms with Crippen molar-refractivity contribution in [3.05, 3.63) is 10.6 Å². The van der Waals surface area contributed by atoms with Crippen LogP contribution in [0.4, 0.5) is 9.93 Å². The van der Waals surface area contributed by atoms with Gasteiger partial charge in [-0.1, -0.05) is 11.3 Å². The molecule has 0 aliphatic carbocycles. The van der Waals surface area contributed by atoms with Crippen LogP contribution in [0, 0.1) is 0 Å². The van der Waals surface area contributed by atoms with Gasteiger partial charge in [0.05, 0.1) is 12.2 Å². The van der Waals surface area contributed by atoms with Crippen molar-refractivity contribution in [1.29, 1.82) is 0 Å². The van der Waals surface area contributed by atoms with Crippen LogP contribution in [-0.2, 0) is 16.0 Å². The number of amides is 3. The van der Waals surface area contributed by atoms with Gasteiger partial charge in [0, 0.05) is 6.54 Å². The van der Waals surface area contributed by atoms with Gasteiger partial charge in [-0.3, -0.25) is 14.5 Å². The SMILES string of the molecule is O=C(CN1CCOC1=O)Nc1nc2c(s1)C(=O)NCCC2. The number of hydrogen-bond acceptors (Lipinski definition) is 6. The number of aryl methyl sites for hydroxylation is 1. The molecule has 0 radical (unpaired) electrons. The van der Waals surface area contributed by atoms with Gasteiger partial charge >= 0.3 is 6.09 Å². The highest BCUT2D eigenvalue weighted by Gasteiger charge is 2.25. The molecule has 1 aromatic heterocycles. The smallest absolute Gasteiger partial charge is 0.410 e. The van der Waals surface area contributed by atoms with E-state index >= 15 is 0 Å². The highest BCUT2D eigenvalue weighted by atomic mass is 32.1. The summed E-state index contributed by atoms with van der Waals surface area (Å²) in [5.74, 6) is -0.498. The van der Waals surface area contributed by atoms with Gasteiger partial charge in [-0.25, -0.2) is 9.78 Å². The fraction of sp³-hybridized carbons (Fsp3) is 0.500. The van der Waals surface area contributed by atoms with Crippen LogP contribution in [0.5, 0.6) is 0 Å². The molecule has 0 spiro atoms. The molecule has 0 unspecified atom stereocenters. The quantitative estimate of drug-likeness (QED) is 0.831. The molecule has 1 aromatic rings. The fourth-order valence-corrected chi connectivity index (χ4v) is 3.14. The normalized spacial score (nSPS) is 17.8. The Morgan fingerprint density at radius 3 is 3.10 bits per heavy atom. The summed E-state index contributed by atoms with van der Waals surface area (Å²) in [6, 6.07) is 0. The lowest BCUT2D eigenvalue weighted by Gasteiger charge is -2.10. The van der Waals surface area contributed by atoms with E-state index in [9.17, 15) is 14.4 Å². The topological polar surface area (TPSA) is 101 Å². The van der Waals surface area contributed by atoms with E-state index in [4.69, 9.17) is 4.74 Å². The summed E-state index contributed by atoms with van der Waals surface area (Å²) in [6.07, 6.45) is 1.05. The average Bonchev–Trinajstić information content (AvgIpc) is 2.98. The molecule has 0 atom stereocenters. The van der Waals surface area contributed by atoms with Gasteiger partial charge in [-0.2, -0.15) is 0 Å². The van der Waals surface area contributed by atoms with E-state index in [1.54, 1.807) is 0 Å². The van der Waals surface area contributed by atoms with Gasteiger partial charge in [0.2, 0.25) is 5.91 Å². The Morgan fingerprint density at radius 2 is 2.33 bits per heavy atom. The zero-order valence-electron chi connectivity index (χ0n) is 11.2. The number of aromatic nitrogens is 1. The Balaban J connectivity index is 1.65. The van der Waals surface area contributed by atoms with E-state index in [1.807, 2.05) is 0 Å². The number of fused-ring (bicyclic) bond motifs is 1. The maximum Gasteiger partial charge on any atom is 0.410 e. The van der Waals surface area contributed by atoms with Crippen LogP contribution >= 0.6 is 11.3 Å². The van der Waals surface area contributed by atoms with Gasteiger partial charge in [0.25, 0.3) is 5.91 Å². The van der Waals surface area contributed by atoms with Crippen molar-refractivity contribution in [2.45, 2.75) is 12.8 Å².